The highest BCUT2D eigenvalue weighted by atomic mass is 16.3. The van der Waals surface area contributed by atoms with Crippen LogP contribution in [0.2, 0.25) is 0 Å². The Kier molecular flexibility index (Phi) is 4.61. The first-order chi connectivity index (χ1) is 7.83. The van der Waals surface area contributed by atoms with Crippen LogP contribution in [0.5, 0.6) is 0 Å². The lowest BCUT2D eigenvalue weighted by molar-refractivity contribution is -0.0279. The van der Waals surface area contributed by atoms with E-state index >= 15 is 0 Å². The van der Waals surface area contributed by atoms with Gasteiger partial charge in [0.15, 0.2) is 0 Å². The Morgan fingerprint density at radius 2 is 1.59 bits per heavy atom. The monoisotopic (exact) mass is 237 g/mol. The van der Waals surface area contributed by atoms with E-state index in [9.17, 15) is 10.4 Å². The van der Waals surface area contributed by atoms with Gasteiger partial charge in [-0.15, -0.1) is 0 Å². The molecule has 2 atom stereocenters. The zero-order valence-electron chi connectivity index (χ0n) is 11.8. The molecule has 1 fully saturated rings. The van der Waals surface area contributed by atoms with E-state index in [-0.39, 0.29) is 11.3 Å². The number of rotatable bonds is 2. The van der Waals surface area contributed by atoms with Crippen LogP contribution in [0.15, 0.2) is 0 Å². The highest BCUT2D eigenvalue weighted by Gasteiger charge is 2.44. The van der Waals surface area contributed by atoms with Gasteiger partial charge in [-0.3, -0.25) is 0 Å². The second kappa shape index (κ2) is 5.40. The molecule has 0 aromatic rings. The van der Waals surface area contributed by atoms with E-state index in [2.05, 4.69) is 33.8 Å². The molecule has 0 bridgehead atoms. The van der Waals surface area contributed by atoms with Gasteiger partial charge in [-0.1, -0.05) is 53.4 Å². The topological polar surface area (TPSA) is 44.0 Å². The van der Waals surface area contributed by atoms with Crippen molar-refractivity contribution in [2.24, 2.45) is 16.7 Å². The van der Waals surface area contributed by atoms with Crippen molar-refractivity contribution in [3.63, 3.8) is 0 Å². The van der Waals surface area contributed by atoms with Crippen LogP contribution in [0.25, 0.3) is 0 Å². The molecule has 1 aliphatic carbocycles. The Morgan fingerprint density at radius 3 is 1.94 bits per heavy atom. The fraction of sp³-hybridized carbons (Fsp3) is 0.933. The standard InChI is InChI=1S/C15H27NO/c1-12(14(2,3)4)13(17)15(11-16)9-7-5-6-8-10-15/h12-13,17H,5-10H2,1-4H3. The minimum absolute atomic E-state index is 0.0512. The molecule has 98 valence electrons. The van der Waals surface area contributed by atoms with Crippen LogP contribution in [-0.4, -0.2) is 11.2 Å². The lowest BCUT2D eigenvalue weighted by Gasteiger charge is -2.40. The summed E-state index contributed by atoms with van der Waals surface area (Å²) in [7, 11) is 0. The summed E-state index contributed by atoms with van der Waals surface area (Å²) in [4.78, 5) is 0. The molecule has 0 spiro atoms. The molecule has 2 heteroatoms. The van der Waals surface area contributed by atoms with Crippen LogP contribution >= 0.6 is 0 Å². The first-order valence-electron chi connectivity index (χ1n) is 6.93. The van der Waals surface area contributed by atoms with Gasteiger partial charge < -0.3 is 5.11 Å². The minimum atomic E-state index is -0.497. The maximum atomic E-state index is 10.6. The fourth-order valence-electron chi connectivity index (χ4n) is 2.79. The zero-order chi connectivity index (χ0) is 13.1. The van der Waals surface area contributed by atoms with E-state index in [1.807, 2.05) is 0 Å². The largest absolute Gasteiger partial charge is 0.391 e. The van der Waals surface area contributed by atoms with Crippen molar-refractivity contribution in [1.29, 1.82) is 5.26 Å². The second-order valence-corrected chi connectivity index (χ2v) is 6.78. The first kappa shape index (κ1) is 14.5. The van der Waals surface area contributed by atoms with Gasteiger partial charge in [-0.25, -0.2) is 0 Å². The Bertz CT molecular complexity index is 276. The Labute approximate surface area is 106 Å². The molecular formula is C15H27NO. The van der Waals surface area contributed by atoms with E-state index in [1.165, 1.54) is 12.8 Å². The number of hydrogen-bond donors (Lipinski definition) is 1. The maximum absolute atomic E-state index is 10.6. The summed E-state index contributed by atoms with van der Waals surface area (Å²) >= 11 is 0. The van der Waals surface area contributed by atoms with Crippen molar-refractivity contribution in [1.82, 2.24) is 0 Å². The molecule has 2 unspecified atom stereocenters. The third-order valence-electron chi connectivity index (χ3n) is 4.62. The van der Waals surface area contributed by atoms with Gasteiger partial charge >= 0.3 is 0 Å². The van der Waals surface area contributed by atoms with Crippen molar-refractivity contribution < 1.29 is 5.11 Å². The lowest BCUT2D eigenvalue weighted by Crippen LogP contribution is -2.43. The van der Waals surface area contributed by atoms with E-state index in [0.717, 1.165) is 25.7 Å². The summed E-state index contributed by atoms with van der Waals surface area (Å²) in [5.41, 5.74) is -0.446. The summed E-state index contributed by atoms with van der Waals surface area (Å²) in [6.07, 6.45) is 5.82. The number of nitrogens with zero attached hydrogens (tertiary/aromatic N) is 1. The molecule has 2 nitrogen and oxygen atoms in total. The molecule has 0 aromatic heterocycles. The van der Waals surface area contributed by atoms with Gasteiger partial charge in [0, 0.05) is 0 Å². The third kappa shape index (κ3) is 3.22. The van der Waals surface area contributed by atoms with Gasteiger partial charge in [0.1, 0.15) is 0 Å². The van der Waals surface area contributed by atoms with E-state index < -0.39 is 11.5 Å². The molecule has 1 saturated carbocycles. The van der Waals surface area contributed by atoms with Crippen molar-refractivity contribution in [2.45, 2.75) is 72.3 Å². The Morgan fingerprint density at radius 1 is 1.12 bits per heavy atom. The van der Waals surface area contributed by atoms with Gasteiger partial charge in [-0.2, -0.15) is 5.26 Å². The van der Waals surface area contributed by atoms with Crippen LogP contribution < -0.4 is 0 Å². The van der Waals surface area contributed by atoms with Crippen LogP contribution in [-0.2, 0) is 0 Å². The summed E-state index contributed by atoms with van der Waals surface area (Å²) in [5.74, 6) is 0.153. The van der Waals surface area contributed by atoms with Crippen molar-refractivity contribution in [2.75, 3.05) is 0 Å². The fourth-order valence-corrected chi connectivity index (χ4v) is 2.79. The van der Waals surface area contributed by atoms with Crippen LogP contribution in [0.4, 0.5) is 0 Å². The van der Waals surface area contributed by atoms with Crippen molar-refractivity contribution >= 4 is 0 Å². The molecule has 1 aliphatic rings. The smallest absolute Gasteiger partial charge is 0.0835 e. The highest BCUT2D eigenvalue weighted by molar-refractivity contribution is 5.06. The normalized spacial score (nSPS) is 24.5. The number of aliphatic hydroxyl groups is 1. The summed E-state index contributed by atoms with van der Waals surface area (Å²) in [6.45, 7) is 8.50. The average molecular weight is 237 g/mol. The molecule has 1 rings (SSSR count). The van der Waals surface area contributed by atoms with Crippen molar-refractivity contribution in [3.8, 4) is 6.07 Å². The average Bonchev–Trinajstić information content (AvgIpc) is 2.52. The minimum Gasteiger partial charge on any atom is -0.391 e. The lowest BCUT2D eigenvalue weighted by atomic mass is 9.66. The number of nitriles is 1. The molecule has 0 aliphatic heterocycles. The molecule has 0 radical (unpaired) electrons. The molecule has 17 heavy (non-hydrogen) atoms. The van der Waals surface area contributed by atoms with Gasteiger partial charge in [0.25, 0.3) is 0 Å². The SMILES string of the molecule is CC(C(O)C1(C#N)CCCCCC1)C(C)(C)C. The second-order valence-electron chi connectivity index (χ2n) is 6.78. The first-order valence-corrected chi connectivity index (χ1v) is 6.93. The van der Waals surface area contributed by atoms with E-state index in [4.69, 9.17) is 0 Å². The Hall–Kier alpha value is -0.550. The van der Waals surface area contributed by atoms with Gasteiger partial charge in [-0.05, 0) is 24.2 Å². The predicted molar refractivity (Wildman–Crippen MR) is 70.4 cm³/mol. The molecule has 0 amide bonds. The number of aliphatic hydroxyl groups excluding tert-OH is 1. The van der Waals surface area contributed by atoms with Crippen LogP contribution in [0.3, 0.4) is 0 Å². The molecular weight excluding hydrogens is 210 g/mol. The van der Waals surface area contributed by atoms with Gasteiger partial charge in [0.2, 0.25) is 0 Å². The number of hydrogen-bond acceptors (Lipinski definition) is 2. The Balaban J connectivity index is 2.89. The zero-order valence-corrected chi connectivity index (χ0v) is 11.8. The molecule has 1 N–H and O–H groups in total. The van der Waals surface area contributed by atoms with Crippen molar-refractivity contribution in [3.05, 3.63) is 0 Å². The maximum Gasteiger partial charge on any atom is 0.0835 e. The summed E-state index contributed by atoms with van der Waals surface area (Å²) < 4.78 is 0. The summed E-state index contributed by atoms with van der Waals surface area (Å²) in [5, 5.41) is 20.2. The van der Waals surface area contributed by atoms with E-state index in [1.54, 1.807) is 0 Å². The van der Waals surface area contributed by atoms with Crippen LogP contribution in [0.1, 0.15) is 66.2 Å². The quantitative estimate of drug-likeness (QED) is 0.740. The van der Waals surface area contributed by atoms with Gasteiger partial charge in [0.05, 0.1) is 17.6 Å². The highest BCUT2D eigenvalue weighted by Crippen LogP contribution is 2.43. The predicted octanol–water partition coefficient (Wildman–Crippen LogP) is 3.89. The molecule has 0 aromatic carbocycles. The van der Waals surface area contributed by atoms with Crippen LogP contribution in [0, 0.1) is 28.1 Å². The molecule has 0 saturated heterocycles. The van der Waals surface area contributed by atoms with E-state index in [0.29, 0.717) is 0 Å². The third-order valence-corrected chi connectivity index (χ3v) is 4.62. The summed E-state index contributed by atoms with van der Waals surface area (Å²) in [6, 6.07) is 2.46. The molecule has 0 heterocycles.